The fourth-order valence-corrected chi connectivity index (χ4v) is 2.47. The average Bonchev–Trinajstić information content (AvgIpc) is 2.86. The molecule has 1 aromatic carbocycles. The van der Waals surface area contributed by atoms with E-state index in [9.17, 15) is 0 Å². The summed E-state index contributed by atoms with van der Waals surface area (Å²) < 4.78 is 7.23. The van der Waals surface area contributed by atoms with Gasteiger partial charge < -0.3 is 4.74 Å². The molecule has 0 saturated carbocycles. The van der Waals surface area contributed by atoms with Gasteiger partial charge >= 0.3 is 0 Å². The van der Waals surface area contributed by atoms with Crippen molar-refractivity contribution in [2.75, 3.05) is 7.11 Å². The summed E-state index contributed by atoms with van der Waals surface area (Å²) in [5.74, 6) is 6.63. The minimum atomic E-state index is 0.0231. The molecule has 108 valence electrons. The van der Waals surface area contributed by atoms with Gasteiger partial charge in [-0.3, -0.25) is 16.0 Å². The van der Waals surface area contributed by atoms with Crippen LogP contribution >= 0.6 is 0 Å². The zero-order chi connectivity index (χ0) is 14.5. The third-order valence-electron chi connectivity index (χ3n) is 3.47. The van der Waals surface area contributed by atoms with Crippen molar-refractivity contribution in [3.8, 4) is 5.75 Å². The Morgan fingerprint density at radius 1 is 1.40 bits per heavy atom. The van der Waals surface area contributed by atoms with E-state index in [2.05, 4.69) is 23.5 Å². The maximum absolute atomic E-state index is 5.75. The summed E-state index contributed by atoms with van der Waals surface area (Å²) in [5, 5.41) is 4.47. The Labute approximate surface area is 119 Å². The number of para-hydroxylation sites is 1. The summed E-state index contributed by atoms with van der Waals surface area (Å²) in [6.07, 6.45) is 3.68. The fourth-order valence-electron chi connectivity index (χ4n) is 2.47. The third-order valence-corrected chi connectivity index (χ3v) is 3.47. The molecular formula is C15H22N4O. The summed E-state index contributed by atoms with van der Waals surface area (Å²) in [5.41, 5.74) is 6.24. The van der Waals surface area contributed by atoms with Gasteiger partial charge in [0.15, 0.2) is 0 Å². The molecule has 1 heterocycles. The van der Waals surface area contributed by atoms with Crippen LogP contribution in [0, 0.1) is 0 Å². The minimum Gasteiger partial charge on any atom is -0.496 e. The first-order valence-electron chi connectivity index (χ1n) is 6.80. The van der Waals surface area contributed by atoms with Crippen molar-refractivity contribution >= 4 is 0 Å². The Kier molecular flexibility index (Phi) is 4.76. The SMILES string of the molecule is CCc1nn(C)cc1C(Cc1ccccc1OC)NN. The Morgan fingerprint density at radius 3 is 2.80 bits per heavy atom. The van der Waals surface area contributed by atoms with Crippen LogP contribution in [0.25, 0.3) is 0 Å². The van der Waals surface area contributed by atoms with E-state index in [0.717, 1.165) is 35.4 Å². The smallest absolute Gasteiger partial charge is 0.122 e. The molecule has 0 amide bonds. The zero-order valence-electron chi connectivity index (χ0n) is 12.3. The second kappa shape index (κ2) is 6.54. The summed E-state index contributed by atoms with van der Waals surface area (Å²) in [4.78, 5) is 0. The van der Waals surface area contributed by atoms with Crippen LogP contribution in [0.5, 0.6) is 5.75 Å². The number of ether oxygens (including phenoxy) is 1. The lowest BCUT2D eigenvalue weighted by atomic mass is 9.98. The van der Waals surface area contributed by atoms with Crippen LogP contribution in [0.3, 0.4) is 0 Å². The number of methoxy groups -OCH3 is 1. The highest BCUT2D eigenvalue weighted by atomic mass is 16.5. The van der Waals surface area contributed by atoms with E-state index < -0.39 is 0 Å². The van der Waals surface area contributed by atoms with E-state index in [1.165, 1.54) is 0 Å². The van der Waals surface area contributed by atoms with Crippen LogP contribution in [0.15, 0.2) is 30.5 Å². The normalized spacial score (nSPS) is 12.4. The minimum absolute atomic E-state index is 0.0231. The standard InChI is InChI=1S/C15H22N4O/c1-4-13-12(10-19(2)18-13)14(17-16)9-11-7-5-6-8-15(11)20-3/h5-8,10,14,17H,4,9,16H2,1-3H3. The van der Waals surface area contributed by atoms with Crippen LogP contribution < -0.4 is 16.0 Å². The molecule has 1 atom stereocenters. The lowest BCUT2D eigenvalue weighted by Gasteiger charge is -2.17. The first-order valence-corrected chi connectivity index (χ1v) is 6.80. The molecule has 0 bridgehead atoms. The van der Waals surface area contributed by atoms with E-state index in [1.54, 1.807) is 7.11 Å². The van der Waals surface area contributed by atoms with E-state index in [1.807, 2.05) is 36.1 Å². The molecule has 2 aromatic rings. The molecule has 0 radical (unpaired) electrons. The summed E-state index contributed by atoms with van der Waals surface area (Å²) in [6.45, 7) is 2.10. The number of hydrogen-bond acceptors (Lipinski definition) is 4. The van der Waals surface area contributed by atoms with Gasteiger partial charge in [-0.05, 0) is 24.5 Å². The number of benzene rings is 1. The Morgan fingerprint density at radius 2 is 2.15 bits per heavy atom. The molecule has 1 unspecified atom stereocenters. The highest BCUT2D eigenvalue weighted by Crippen LogP contribution is 2.26. The van der Waals surface area contributed by atoms with Crippen LogP contribution in [0.2, 0.25) is 0 Å². The van der Waals surface area contributed by atoms with Crippen molar-refractivity contribution < 1.29 is 4.74 Å². The van der Waals surface area contributed by atoms with Gasteiger partial charge in [0.1, 0.15) is 5.75 Å². The molecule has 20 heavy (non-hydrogen) atoms. The Bertz CT molecular complexity index is 565. The van der Waals surface area contributed by atoms with Crippen molar-refractivity contribution in [2.45, 2.75) is 25.8 Å². The first-order chi connectivity index (χ1) is 9.69. The number of nitrogens with one attached hydrogen (secondary N) is 1. The molecule has 5 heteroatoms. The molecule has 5 nitrogen and oxygen atoms in total. The quantitative estimate of drug-likeness (QED) is 0.622. The van der Waals surface area contributed by atoms with Crippen molar-refractivity contribution in [1.29, 1.82) is 0 Å². The lowest BCUT2D eigenvalue weighted by Crippen LogP contribution is -2.30. The van der Waals surface area contributed by atoms with E-state index >= 15 is 0 Å². The number of nitrogens with two attached hydrogens (primary N) is 1. The number of aryl methyl sites for hydroxylation is 2. The predicted octanol–water partition coefficient (Wildman–Crippen LogP) is 1.74. The van der Waals surface area contributed by atoms with Crippen molar-refractivity contribution in [1.82, 2.24) is 15.2 Å². The largest absolute Gasteiger partial charge is 0.496 e. The Hall–Kier alpha value is -1.85. The van der Waals surface area contributed by atoms with Crippen molar-refractivity contribution in [3.05, 3.63) is 47.3 Å². The Balaban J connectivity index is 2.28. The monoisotopic (exact) mass is 274 g/mol. The van der Waals surface area contributed by atoms with Gasteiger partial charge in [0, 0.05) is 18.8 Å². The lowest BCUT2D eigenvalue weighted by molar-refractivity contribution is 0.405. The number of nitrogens with zero attached hydrogens (tertiary/aromatic N) is 2. The highest BCUT2D eigenvalue weighted by Gasteiger charge is 2.18. The highest BCUT2D eigenvalue weighted by molar-refractivity contribution is 5.35. The van der Waals surface area contributed by atoms with Crippen LogP contribution in [0.1, 0.15) is 29.8 Å². The van der Waals surface area contributed by atoms with Crippen LogP contribution in [-0.4, -0.2) is 16.9 Å². The molecule has 0 aliphatic carbocycles. The van der Waals surface area contributed by atoms with Gasteiger partial charge in [-0.15, -0.1) is 0 Å². The average molecular weight is 274 g/mol. The third kappa shape index (κ3) is 3.00. The van der Waals surface area contributed by atoms with Gasteiger partial charge in [-0.2, -0.15) is 5.10 Å². The first kappa shape index (κ1) is 14.6. The van der Waals surface area contributed by atoms with E-state index in [-0.39, 0.29) is 6.04 Å². The van der Waals surface area contributed by atoms with E-state index in [0.29, 0.717) is 0 Å². The molecule has 0 fully saturated rings. The number of hydrazine groups is 1. The van der Waals surface area contributed by atoms with Crippen LogP contribution in [0.4, 0.5) is 0 Å². The summed E-state index contributed by atoms with van der Waals surface area (Å²) in [6, 6.07) is 8.03. The maximum atomic E-state index is 5.75. The molecular weight excluding hydrogens is 252 g/mol. The van der Waals surface area contributed by atoms with Crippen LogP contribution in [-0.2, 0) is 19.9 Å². The van der Waals surface area contributed by atoms with Gasteiger partial charge in [-0.25, -0.2) is 0 Å². The number of aromatic nitrogens is 2. The van der Waals surface area contributed by atoms with Crippen molar-refractivity contribution in [3.63, 3.8) is 0 Å². The number of hydrogen-bond donors (Lipinski definition) is 2. The molecule has 0 aliphatic rings. The summed E-state index contributed by atoms with van der Waals surface area (Å²) >= 11 is 0. The molecule has 0 spiro atoms. The maximum Gasteiger partial charge on any atom is 0.122 e. The van der Waals surface area contributed by atoms with Gasteiger partial charge in [-0.1, -0.05) is 25.1 Å². The van der Waals surface area contributed by atoms with E-state index in [4.69, 9.17) is 10.6 Å². The molecule has 0 aliphatic heterocycles. The number of rotatable bonds is 6. The molecule has 3 N–H and O–H groups in total. The topological polar surface area (TPSA) is 65.1 Å². The fraction of sp³-hybridized carbons (Fsp3) is 0.400. The second-order valence-electron chi connectivity index (χ2n) is 4.79. The van der Waals surface area contributed by atoms with Crippen molar-refractivity contribution in [2.24, 2.45) is 12.9 Å². The molecule has 2 rings (SSSR count). The molecule has 0 saturated heterocycles. The molecule has 1 aromatic heterocycles. The van der Waals surface area contributed by atoms with Gasteiger partial charge in [0.25, 0.3) is 0 Å². The summed E-state index contributed by atoms with van der Waals surface area (Å²) in [7, 11) is 3.62. The van der Waals surface area contributed by atoms with Gasteiger partial charge in [0.05, 0.1) is 18.8 Å². The zero-order valence-corrected chi connectivity index (χ0v) is 12.3. The van der Waals surface area contributed by atoms with Gasteiger partial charge in [0.2, 0.25) is 0 Å². The second-order valence-corrected chi connectivity index (χ2v) is 4.79. The predicted molar refractivity (Wildman–Crippen MR) is 79.3 cm³/mol.